The van der Waals surface area contributed by atoms with Gasteiger partial charge in [-0.2, -0.15) is 0 Å². The zero-order valence-electron chi connectivity index (χ0n) is 9.60. The molecule has 0 spiro atoms. The number of benzene rings is 2. The first-order chi connectivity index (χ1) is 8.75. The number of halogens is 1. The molecule has 0 fully saturated rings. The molecule has 1 atom stereocenters. The fraction of sp³-hybridized carbons (Fsp3) is 0.133. The highest BCUT2D eigenvalue weighted by Gasteiger charge is 2.32. The maximum atomic E-state index is 11.9. The van der Waals surface area contributed by atoms with Crippen molar-refractivity contribution in [1.82, 2.24) is 0 Å². The van der Waals surface area contributed by atoms with E-state index < -0.39 is 0 Å². The van der Waals surface area contributed by atoms with Gasteiger partial charge in [0, 0.05) is 10.0 Å². The normalized spacial score (nSPS) is 17.4. The molecule has 0 aliphatic carbocycles. The van der Waals surface area contributed by atoms with E-state index in [9.17, 15) is 4.79 Å². The molecule has 1 aliphatic rings. The van der Waals surface area contributed by atoms with Crippen molar-refractivity contribution < 1.29 is 9.53 Å². The summed E-state index contributed by atoms with van der Waals surface area (Å²) in [5, 5.41) is 0. The van der Waals surface area contributed by atoms with Gasteiger partial charge in [-0.1, -0.05) is 52.3 Å². The second kappa shape index (κ2) is 4.58. The van der Waals surface area contributed by atoms with Crippen molar-refractivity contribution >= 4 is 21.9 Å². The summed E-state index contributed by atoms with van der Waals surface area (Å²) in [5.41, 5.74) is 2.11. The Morgan fingerprint density at radius 1 is 1.06 bits per heavy atom. The lowest BCUT2D eigenvalue weighted by Gasteiger charge is -2.08. The third kappa shape index (κ3) is 1.95. The van der Waals surface area contributed by atoms with Crippen LogP contribution in [0, 0.1) is 0 Å². The van der Waals surface area contributed by atoms with Gasteiger partial charge in [-0.05, 0) is 24.1 Å². The highest BCUT2D eigenvalue weighted by atomic mass is 79.9. The first-order valence-corrected chi connectivity index (χ1v) is 6.59. The van der Waals surface area contributed by atoms with Gasteiger partial charge in [-0.25, -0.2) is 0 Å². The van der Waals surface area contributed by atoms with E-state index in [1.165, 1.54) is 0 Å². The standard InChI is InChI=1S/C15H11BrO2/c16-13-7-3-1-5-10(13)9-12-11-6-2-4-8-14(11)18-15(12)17/h1-8,12H,9H2. The molecule has 3 heteroatoms. The van der Waals surface area contributed by atoms with Crippen LogP contribution >= 0.6 is 15.9 Å². The lowest BCUT2D eigenvalue weighted by molar-refractivity contribution is -0.134. The minimum absolute atomic E-state index is 0.160. The molecule has 1 heterocycles. The number of rotatable bonds is 2. The van der Waals surface area contributed by atoms with Crippen LogP contribution in [-0.2, 0) is 11.2 Å². The van der Waals surface area contributed by atoms with Gasteiger partial charge in [0.1, 0.15) is 5.75 Å². The number of hydrogen-bond donors (Lipinski definition) is 0. The summed E-state index contributed by atoms with van der Waals surface area (Å²) in [7, 11) is 0. The van der Waals surface area contributed by atoms with E-state index in [1.807, 2.05) is 48.5 Å². The van der Waals surface area contributed by atoms with Gasteiger partial charge in [-0.15, -0.1) is 0 Å². The van der Waals surface area contributed by atoms with E-state index >= 15 is 0 Å². The molecular weight excluding hydrogens is 292 g/mol. The van der Waals surface area contributed by atoms with Crippen molar-refractivity contribution in [2.24, 2.45) is 0 Å². The third-order valence-corrected chi connectivity index (χ3v) is 3.94. The Morgan fingerprint density at radius 2 is 1.78 bits per heavy atom. The maximum Gasteiger partial charge on any atom is 0.319 e. The van der Waals surface area contributed by atoms with Crippen molar-refractivity contribution in [2.75, 3.05) is 0 Å². The van der Waals surface area contributed by atoms with Crippen molar-refractivity contribution in [3.05, 3.63) is 64.1 Å². The number of esters is 1. The fourth-order valence-corrected chi connectivity index (χ4v) is 2.69. The second-order valence-electron chi connectivity index (χ2n) is 4.31. The number of carbonyl (C=O) groups is 1. The molecule has 1 aliphatic heterocycles. The molecule has 0 saturated heterocycles. The predicted molar refractivity (Wildman–Crippen MR) is 72.7 cm³/mol. The quantitative estimate of drug-likeness (QED) is 0.625. The van der Waals surface area contributed by atoms with E-state index in [4.69, 9.17) is 4.74 Å². The van der Waals surface area contributed by atoms with Crippen LogP contribution < -0.4 is 4.74 Å². The van der Waals surface area contributed by atoms with Gasteiger partial charge in [-0.3, -0.25) is 4.79 Å². The number of fused-ring (bicyclic) bond motifs is 1. The van der Waals surface area contributed by atoms with Crippen LogP contribution in [0.25, 0.3) is 0 Å². The Bertz CT molecular complexity index is 607. The highest BCUT2D eigenvalue weighted by molar-refractivity contribution is 9.10. The van der Waals surface area contributed by atoms with Crippen molar-refractivity contribution in [1.29, 1.82) is 0 Å². The van der Waals surface area contributed by atoms with Gasteiger partial charge in [0.05, 0.1) is 5.92 Å². The fourth-order valence-electron chi connectivity index (χ4n) is 2.24. The minimum atomic E-state index is -0.195. The Kier molecular flexibility index (Phi) is 2.92. The molecule has 3 rings (SSSR count). The molecular formula is C15H11BrO2. The lowest BCUT2D eigenvalue weighted by Crippen LogP contribution is -2.12. The molecule has 0 saturated carbocycles. The first kappa shape index (κ1) is 11.5. The summed E-state index contributed by atoms with van der Waals surface area (Å²) >= 11 is 3.51. The van der Waals surface area contributed by atoms with Gasteiger partial charge in [0.2, 0.25) is 0 Å². The molecule has 0 aromatic heterocycles. The predicted octanol–water partition coefficient (Wildman–Crippen LogP) is 3.69. The molecule has 0 N–H and O–H groups in total. The molecule has 18 heavy (non-hydrogen) atoms. The second-order valence-corrected chi connectivity index (χ2v) is 5.16. The molecule has 1 unspecified atom stereocenters. The average Bonchev–Trinajstić information content (AvgIpc) is 2.69. The molecule has 0 radical (unpaired) electrons. The number of para-hydroxylation sites is 1. The molecule has 90 valence electrons. The first-order valence-electron chi connectivity index (χ1n) is 5.80. The summed E-state index contributed by atoms with van der Waals surface area (Å²) in [6, 6.07) is 15.6. The van der Waals surface area contributed by atoms with Gasteiger partial charge in [0.15, 0.2) is 0 Å². The number of ether oxygens (including phenoxy) is 1. The summed E-state index contributed by atoms with van der Waals surface area (Å²) in [6.07, 6.45) is 0.664. The van der Waals surface area contributed by atoms with E-state index in [2.05, 4.69) is 15.9 Å². The largest absolute Gasteiger partial charge is 0.426 e. The Balaban J connectivity index is 1.94. The summed E-state index contributed by atoms with van der Waals surface area (Å²) < 4.78 is 6.31. The monoisotopic (exact) mass is 302 g/mol. The van der Waals surface area contributed by atoms with Crippen LogP contribution in [0.5, 0.6) is 5.75 Å². The smallest absolute Gasteiger partial charge is 0.319 e. The summed E-state index contributed by atoms with van der Waals surface area (Å²) in [4.78, 5) is 11.9. The average molecular weight is 303 g/mol. The van der Waals surface area contributed by atoms with E-state index in [-0.39, 0.29) is 11.9 Å². The van der Waals surface area contributed by atoms with Crippen LogP contribution in [0.15, 0.2) is 53.0 Å². The molecule has 2 nitrogen and oxygen atoms in total. The van der Waals surface area contributed by atoms with Crippen molar-refractivity contribution in [3.63, 3.8) is 0 Å². The zero-order chi connectivity index (χ0) is 12.5. The van der Waals surface area contributed by atoms with E-state index in [1.54, 1.807) is 0 Å². The van der Waals surface area contributed by atoms with Crippen LogP contribution in [-0.4, -0.2) is 5.97 Å². The summed E-state index contributed by atoms with van der Waals surface area (Å²) in [5.74, 6) is 0.339. The Morgan fingerprint density at radius 3 is 2.61 bits per heavy atom. The molecule has 2 aromatic carbocycles. The van der Waals surface area contributed by atoms with Gasteiger partial charge < -0.3 is 4.74 Å². The lowest BCUT2D eigenvalue weighted by atomic mass is 9.93. The van der Waals surface area contributed by atoms with Crippen molar-refractivity contribution in [2.45, 2.75) is 12.3 Å². The van der Waals surface area contributed by atoms with Crippen LogP contribution in [0.1, 0.15) is 17.0 Å². The Labute approximate surface area is 114 Å². The number of carbonyl (C=O) groups excluding carboxylic acids is 1. The van der Waals surface area contributed by atoms with E-state index in [0.717, 1.165) is 15.6 Å². The molecule has 0 bridgehead atoms. The minimum Gasteiger partial charge on any atom is -0.426 e. The molecule has 2 aromatic rings. The van der Waals surface area contributed by atoms with Crippen LogP contribution in [0.2, 0.25) is 0 Å². The van der Waals surface area contributed by atoms with Crippen LogP contribution in [0.4, 0.5) is 0 Å². The zero-order valence-corrected chi connectivity index (χ0v) is 11.2. The van der Waals surface area contributed by atoms with Crippen molar-refractivity contribution in [3.8, 4) is 5.75 Å². The SMILES string of the molecule is O=C1Oc2ccccc2C1Cc1ccccc1Br. The third-order valence-electron chi connectivity index (χ3n) is 3.17. The Hall–Kier alpha value is -1.61. The highest BCUT2D eigenvalue weighted by Crippen LogP contribution is 2.37. The topological polar surface area (TPSA) is 26.3 Å². The van der Waals surface area contributed by atoms with Crippen LogP contribution in [0.3, 0.4) is 0 Å². The maximum absolute atomic E-state index is 11.9. The molecule has 0 amide bonds. The van der Waals surface area contributed by atoms with Gasteiger partial charge >= 0.3 is 5.97 Å². The van der Waals surface area contributed by atoms with E-state index in [0.29, 0.717) is 12.2 Å². The summed E-state index contributed by atoms with van der Waals surface area (Å²) in [6.45, 7) is 0. The van der Waals surface area contributed by atoms with Gasteiger partial charge in [0.25, 0.3) is 0 Å². The number of hydrogen-bond acceptors (Lipinski definition) is 2.